The van der Waals surface area contributed by atoms with Gasteiger partial charge in [-0.25, -0.2) is 12.7 Å². The molecular weight excluding hydrogens is 542 g/mol. The summed E-state index contributed by atoms with van der Waals surface area (Å²) in [7, 11) is 1.11. The van der Waals surface area contributed by atoms with E-state index in [4.69, 9.17) is 5.10 Å². The normalized spacial score (nSPS) is 17.9. The Morgan fingerprint density at radius 2 is 1.83 bits per heavy atom. The Hall–Kier alpha value is -3.69. The van der Waals surface area contributed by atoms with Crippen LogP contribution in [0.1, 0.15) is 67.4 Å². The van der Waals surface area contributed by atoms with Gasteiger partial charge < -0.3 is 15.5 Å². The molecule has 2 aliphatic rings. The first-order valence-corrected chi connectivity index (χ1v) is 15.5. The van der Waals surface area contributed by atoms with Crippen LogP contribution < -0.4 is 10.6 Å². The number of aromatic nitrogens is 2. The van der Waals surface area contributed by atoms with Gasteiger partial charge in [0.25, 0.3) is 0 Å². The molecule has 12 heteroatoms. The van der Waals surface area contributed by atoms with Crippen LogP contribution in [0.4, 0.5) is 11.5 Å². The van der Waals surface area contributed by atoms with Crippen molar-refractivity contribution in [2.24, 2.45) is 5.92 Å². The molecule has 11 nitrogen and oxygen atoms in total. The van der Waals surface area contributed by atoms with Crippen LogP contribution in [0.25, 0.3) is 6.08 Å². The highest BCUT2D eigenvalue weighted by atomic mass is 32.2. The molecule has 1 aliphatic carbocycles. The lowest BCUT2D eigenvalue weighted by Gasteiger charge is -2.42. The predicted octanol–water partition coefficient (Wildman–Crippen LogP) is 3.69. The Morgan fingerprint density at radius 1 is 1.17 bits per heavy atom. The highest BCUT2D eigenvalue weighted by Crippen LogP contribution is 2.38. The molecule has 1 aromatic heterocycles. The number of carbonyl (C=O) groups excluding carboxylic acids is 2. The van der Waals surface area contributed by atoms with Crippen molar-refractivity contribution < 1.29 is 18.0 Å². The zero-order valence-corrected chi connectivity index (χ0v) is 24.8. The van der Waals surface area contributed by atoms with Crippen molar-refractivity contribution in [2.75, 3.05) is 39.5 Å². The van der Waals surface area contributed by atoms with Crippen LogP contribution in [0, 0.1) is 17.2 Å². The first kappa shape index (κ1) is 30.3. The molecule has 2 N–H and O–H groups in total. The second-order valence-corrected chi connectivity index (χ2v) is 13.1. The van der Waals surface area contributed by atoms with Gasteiger partial charge in [0, 0.05) is 45.8 Å². The summed E-state index contributed by atoms with van der Waals surface area (Å²) < 4.78 is 27.8. The standard InChI is InChI=1S/C29H39N7O4S/c1-31-18-13-26-25(21-37)27(32-23-9-11-24(12-10-23)41(39,40)34(2)3)33-36(26)29(14-17-30)15-19-35(20-16-29)28(38)22-7-5-4-6-8-22/h9-13,18,21-22,31H,4-8,14-16,19-20H2,1-3H3,(H,32,33)/b18-13-. The molecule has 0 spiro atoms. The third kappa shape index (κ3) is 6.31. The number of nitrogens with one attached hydrogen (secondary N) is 2. The quantitative estimate of drug-likeness (QED) is 0.405. The molecule has 0 atom stereocenters. The third-order valence-electron chi connectivity index (χ3n) is 8.20. The molecule has 0 radical (unpaired) electrons. The number of nitrogens with zero attached hydrogens (tertiary/aromatic N) is 5. The zero-order chi connectivity index (χ0) is 29.6. The minimum atomic E-state index is -3.58. The number of anilines is 2. The molecule has 2 aromatic rings. The Balaban J connectivity index is 1.65. The topological polar surface area (TPSA) is 140 Å². The first-order valence-electron chi connectivity index (χ1n) is 14.0. The van der Waals surface area contributed by atoms with Gasteiger partial charge in [-0.15, -0.1) is 0 Å². The molecule has 1 saturated carbocycles. The fourth-order valence-electron chi connectivity index (χ4n) is 5.76. The largest absolute Gasteiger partial charge is 0.394 e. The average Bonchev–Trinajstić information content (AvgIpc) is 3.34. The lowest BCUT2D eigenvalue weighted by Crippen LogP contribution is -2.50. The van der Waals surface area contributed by atoms with Crippen LogP contribution in [0.5, 0.6) is 0 Å². The summed E-state index contributed by atoms with van der Waals surface area (Å²) in [5.41, 5.74) is 0.722. The molecule has 220 valence electrons. The molecule has 1 aromatic carbocycles. The van der Waals surface area contributed by atoms with Gasteiger partial charge in [0.1, 0.15) is 0 Å². The minimum Gasteiger partial charge on any atom is -0.394 e. The molecule has 1 aliphatic heterocycles. The maximum atomic E-state index is 13.2. The SMILES string of the molecule is CN/C=C\c1c(C=O)c(Nc2ccc(S(=O)(=O)N(C)C)cc2)nn1C1(CC#N)CCN(C(=O)C2CCCCC2)CC1. The van der Waals surface area contributed by atoms with Crippen molar-refractivity contribution in [1.82, 2.24) is 24.3 Å². The van der Waals surface area contributed by atoms with Gasteiger partial charge in [-0.3, -0.25) is 14.3 Å². The number of amides is 1. The van der Waals surface area contributed by atoms with E-state index in [0.717, 1.165) is 36.3 Å². The van der Waals surface area contributed by atoms with Gasteiger partial charge in [0.05, 0.1) is 34.2 Å². The number of rotatable bonds is 10. The summed E-state index contributed by atoms with van der Waals surface area (Å²) in [6.45, 7) is 1.04. The number of piperidine rings is 1. The molecule has 41 heavy (non-hydrogen) atoms. The maximum Gasteiger partial charge on any atom is 0.242 e. The Bertz CT molecular complexity index is 1410. The van der Waals surface area contributed by atoms with Gasteiger partial charge in [0.2, 0.25) is 15.9 Å². The van der Waals surface area contributed by atoms with Crippen molar-refractivity contribution in [2.45, 2.75) is 61.8 Å². The van der Waals surface area contributed by atoms with Crippen molar-refractivity contribution in [3.05, 3.63) is 41.7 Å². The summed E-state index contributed by atoms with van der Waals surface area (Å²) in [6.07, 6.45) is 10.7. The zero-order valence-electron chi connectivity index (χ0n) is 24.0. The molecular formula is C29H39N7O4S. The van der Waals surface area contributed by atoms with E-state index in [1.807, 2.05) is 4.90 Å². The van der Waals surface area contributed by atoms with E-state index in [9.17, 15) is 23.3 Å². The number of nitriles is 1. The predicted molar refractivity (Wildman–Crippen MR) is 157 cm³/mol. The number of likely N-dealkylation sites (tertiary alicyclic amines) is 1. The summed E-state index contributed by atoms with van der Waals surface area (Å²) in [6, 6.07) is 8.54. The summed E-state index contributed by atoms with van der Waals surface area (Å²) >= 11 is 0. The fourth-order valence-corrected chi connectivity index (χ4v) is 6.66. The number of hydrogen-bond donors (Lipinski definition) is 2. The summed E-state index contributed by atoms with van der Waals surface area (Å²) in [4.78, 5) is 27.7. The molecule has 1 saturated heterocycles. The van der Waals surface area contributed by atoms with Crippen molar-refractivity contribution in [1.29, 1.82) is 5.26 Å². The number of sulfonamides is 1. The lowest BCUT2D eigenvalue weighted by atomic mass is 9.83. The number of hydrogen-bond acceptors (Lipinski definition) is 8. The molecule has 2 heterocycles. The number of carbonyl (C=O) groups is 2. The van der Waals surface area contributed by atoms with Crippen molar-refractivity contribution in [3.8, 4) is 6.07 Å². The lowest BCUT2D eigenvalue weighted by molar-refractivity contribution is -0.138. The molecule has 4 rings (SSSR count). The molecule has 0 unspecified atom stereocenters. The van der Waals surface area contributed by atoms with Crippen LogP contribution in [0.2, 0.25) is 0 Å². The number of benzene rings is 1. The van der Waals surface area contributed by atoms with Crippen LogP contribution in [0.3, 0.4) is 0 Å². The minimum absolute atomic E-state index is 0.0858. The second-order valence-electron chi connectivity index (χ2n) is 11.0. The van der Waals surface area contributed by atoms with Crippen LogP contribution in [-0.4, -0.2) is 73.8 Å². The first-order chi connectivity index (χ1) is 19.7. The highest BCUT2D eigenvalue weighted by Gasteiger charge is 2.41. The Morgan fingerprint density at radius 3 is 2.39 bits per heavy atom. The van der Waals surface area contributed by atoms with E-state index >= 15 is 0 Å². The van der Waals surface area contributed by atoms with Gasteiger partial charge in [-0.05, 0) is 62.2 Å². The Kier molecular flexibility index (Phi) is 9.50. The van der Waals surface area contributed by atoms with Gasteiger partial charge >= 0.3 is 0 Å². The van der Waals surface area contributed by atoms with Gasteiger partial charge in [-0.2, -0.15) is 10.4 Å². The monoisotopic (exact) mass is 581 g/mol. The third-order valence-corrected chi connectivity index (χ3v) is 10.0. The van der Waals surface area contributed by atoms with E-state index in [2.05, 4.69) is 16.7 Å². The van der Waals surface area contributed by atoms with Crippen molar-refractivity contribution in [3.63, 3.8) is 0 Å². The molecule has 1 amide bonds. The van der Waals surface area contributed by atoms with E-state index < -0.39 is 15.6 Å². The van der Waals surface area contributed by atoms with E-state index in [0.29, 0.717) is 48.7 Å². The fraction of sp³-hybridized carbons (Fsp3) is 0.517. The van der Waals surface area contributed by atoms with Gasteiger partial charge in [-0.1, -0.05) is 19.3 Å². The van der Waals surface area contributed by atoms with E-state index in [1.54, 1.807) is 36.1 Å². The second kappa shape index (κ2) is 12.9. The number of aldehydes is 1. The van der Waals surface area contributed by atoms with Crippen LogP contribution in [0.15, 0.2) is 35.4 Å². The van der Waals surface area contributed by atoms with Gasteiger partial charge in [0.15, 0.2) is 12.1 Å². The molecule has 2 fully saturated rings. The average molecular weight is 582 g/mol. The summed E-state index contributed by atoms with van der Waals surface area (Å²) in [5.74, 6) is 0.598. The molecule has 0 bridgehead atoms. The smallest absolute Gasteiger partial charge is 0.242 e. The van der Waals surface area contributed by atoms with E-state index in [-0.39, 0.29) is 23.1 Å². The maximum absolute atomic E-state index is 13.2. The van der Waals surface area contributed by atoms with E-state index in [1.165, 1.54) is 32.6 Å². The van der Waals surface area contributed by atoms with Crippen LogP contribution in [-0.2, 0) is 20.4 Å². The summed E-state index contributed by atoms with van der Waals surface area (Å²) in [5, 5.41) is 20.8. The van der Waals surface area contributed by atoms with Crippen molar-refractivity contribution >= 4 is 39.8 Å². The van der Waals surface area contributed by atoms with Crippen LogP contribution >= 0.6 is 0 Å². The highest BCUT2D eigenvalue weighted by molar-refractivity contribution is 7.89. The Labute approximate surface area is 242 Å².